The Balaban J connectivity index is 2.11. The van der Waals surface area contributed by atoms with Crippen molar-refractivity contribution in [2.75, 3.05) is 12.4 Å². The molecule has 2 aromatic rings. The van der Waals surface area contributed by atoms with Crippen molar-refractivity contribution in [3.8, 4) is 5.75 Å². The van der Waals surface area contributed by atoms with Crippen molar-refractivity contribution in [2.24, 2.45) is 11.8 Å². The van der Waals surface area contributed by atoms with Gasteiger partial charge >= 0.3 is 0 Å². The van der Waals surface area contributed by atoms with E-state index in [-0.39, 0.29) is 0 Å². The van der Waals surface area contributed by atoms with Gasteiger partial charge in [-0.1, -0.05) is 41.9 Å². The van der Waals surface area contributed by atoms with Crippen LogP contribution in [0.25, 0.3) is 10.8 Å². The van der Waals surface area contributed by atoms with Gasteiger partial charge in [-0.3, -0.25) is 0 Å². The third-order valence-corrected chi connectivity index (χ3v) is 4.38. The van der Waals surface area contributed by atoms with E-state index in [0.717, 1.165) is 22.6 Å². The Labute approximate surface area is 128 Å². The number of fused-ring (bicyclic) bond motifs is 1. The SMILES string of the molecule is CC(C)C(CS)COc1ccc2cc(Br)ccc2c1. The first-order valence-electron chi connectivity index (χ1n) is 6.53. The summed E-state index contributed by atoms with van der Waals surface area (Å²) in [4.78, 5) is 0. The molecule has 0 aliphatic rings. The van der Waals surface area contributed by atoms with Crippen molar-refractivity contribution in [1.29, 1.82) is 0 Å². The van der Waals surface area contributed by atoms with E-state index in [1.165, 1.54) is 10.8 Å². The third kappa shape index (κ3) is 3.90. The van der Waals surface area contributed by atoms with Gasteiger partial charge < -0.3 is 4.74 Å². The summed E-state index contributed by atoms with van der Waals surface area (Å²) in [6.07, 6.45) is 0. The summed E-state index contributed by atoms with van der Waals surface area (Å²) in [5, 5.41) is 2.42. The minimum absolute atomic E-state index is 0.490. The van der Waals surface area contributed by atoms with Crippen LogP contribution < -0.4 is 4.74 Å². The van der Waals surface area contributed by atoms with Crippen LogP contribution in [0, 0.1) is 11.8 Å². The van der Waals surface area contributed by atoms with Gasteiger partial charge in [0.2, 0.25) is 0 Å². The number of thiol groups is 1. The topological polar surface area (TPSA) is 9.23 Å². The van der Waals surface area contributed by atoms with Crippen molar-refractivity contribution >= 4 is 39.3 Å². The van der Waals surface area contributed by atoms with E-state index in [1.807, 2.05) is 6.07 Å². The average Bonchev–Trinajstić information content (AvgIpc) is 2.39. The van der Waals surface area contributed by atoms with Crippen LogP contribution in [0.2, 0.25) is 0 Å². The van der Waals surface area contributed by atoms with Crippen molar-refractivity contribution in [1.82, 2.24) is 0 Å². The van der Waals surface area contributed by atoms with E-state index < -0.39 is 0 Å². The molecule has 2 aromatic carbocycles. The molecule has 0 radical (unpaired) electrons. The van der Waals surface area contributed by atoms with Gasteiger partial charge in [-0.25, -0.2) is 0 Å². The van der Waals surface area contributed by atoms with E-state index in [0.29, 0.717) is 11.8 Å². The molecule has 0 fully saturated rings. The molecular weight excluding hydrogens is 320 g/mol. The molecule has 0 aliphatic carbocycles. The Morgan fingerprint density at radius 1 is 1.11 bits per heavy atom. The van der Waals surface area contributed by atoms with Gasteiger partial charge in [0, 0.05) is 10.4 Å². The number of benzene rings is 2. The van der Waals surface area contributed by atoms with Gasteiger partial charge in [0.1, 0.15) is 5.75 Å². The summed E-state index contributed by atoms with van der Waals surface area (Å²) in [6, 6.07) is 12.5. The lowest BCUT2D eigenvalue weighted by Crippen LogP contribution is -2.19. The quantitative estimate of drug-likeness (QED) is 0.738. The van der Waals surface area contributed by atoms with Crippen molar-refractivity contribution in [3.05, 3.63) is 40.9 Å². The minimum Gasteiger partial charge on any atom is -0.493 e. The fraction of sp³-hybridized carbons (Fsp3) is 0.375. The number of rotatable bonds is 5. The first-order chi connectivity index (χ1) is 9.10. The maximum atomic E-state index is 5.90. The van der Waals surface area contributed by atoms with E-state index in [4.69, 9.17) is 4.74 Å². The fourth-order valence-corrected chi connectivity index (χ4v) is 2.85. The summed E-state index contributed by atoms with van der Waals surface area (Å²) in [7, 11) is 0. The van der Waals surface area contributed by atoms with Crippen molar-refractivity contribution < 1.29 is 4.74 Å². The highest BCUT2D eigenvalue weighted by Crippen LogP contribution is 2.25. The summed E-state index contributed by atoms with van der Waals surface area (Å²) < 4.78 is 7.00. The molecule has 0 saturated heterocycles. The standard InChI is InChI=1S/C16H19BrOS/c1-11(2)14(10-19)9-18-16-6-4-12-7-15(17)5-3-13(12)8-16/h3-8,11,14,19H,9-10H2,1-2H3. The molecule has 102 valence electrons. The zero-order valence-electron chi connectivity index (χ0n) is 11.3. The van der Waals surface area contributed by atoms with Crippen molar-refractivity contribution in [2.45, 2.75) is 13.8 Å². The molecule has 1 unspecified atom stereocenters. The van der Waals surface area contributed by atoms with Crippen molar-refractivity contribution in [3.63, 3.8) is 0 Å². The van der Waals surface area contributed by atoms with Crippen LogP contribution >= 0.6 is 28.6 Å². The Morgan fingerprint density at radius 3 is 2.47 bits per heavy atom. The van der Waals surface area contributed by atoms with Crippen LogP contribution in [-0.4, -0.2) is 12.4 Å². The second-order valence-electron chi connectivity index (χ2n) is 5.15. The largest absolute Gasteiger partial charge is 0.493 e. The molecule has 0 spiro atoms. The molecule has 0 aliphatic heterocycles. The smallest absolute Gasteiger partial charge is 0.119 e. The molecule has 0 saturated carbocycles. The molecule has 0 heterocycles. The van der Waals surface area contributed by atoms with Crippen LogP contribution in [0.4, 0.5) is 0 Å². The molecule has 1 nitrogen and oxygen atoms in total. The molecule has 0 bridgehead atoms. The highest BCUT2D eigenvalue weighted by atomic mass is 79.9. The normalized spacial score (nSPS) is 12.9. The molecule has 0 aromatic heterocycles. The van der Waals surface area contributed by atoms with Crippen LogP contribution in [0.3, 0.4) is 0 Å². The molecule has 19 heavy (non-hydrogen) atoms. The predicted molar refractivity (Wildman–Crippen MR) is 89.3 cm³/mol. The van der Waals surface area contributed by atoms with E-state index >= 15 is 0 Å². The van der Waals surface area contributed by atoms with E-state index in [9.17, 15) is 0 Å². The lowest BCUT2D eigenvalue weighted by Gasteiger charge is -2.19. The Morgan fingerprint density at radius 2 is 1.79 bits per heavy atom. The summed E-state index contributed by atoms with van der Waals surface area (Å²) in [5.41, 5.74) is 0. The van der Waals surface area contributed by atoms with Crippen LogP contribution in [0.15, 0.2) is 40.9 Å². The number of hydrogen-bond donors (Lipinski definition) is 1. The summed E-state index contributed by atoms with van der Waals surface area (Å²) in [5.74, 6) is 2.87. The molecule has 0 amide bonds. The highest BCUT2D eigenvalue weighted by molar-refractivity contribution is 9.10. The monoisotopic (exact) mass is 338 g/mol. The van der Waals surface area contributed by atoms with Crippen LogP contribution in [0.1, 0.15) is 13.8 Å². The number of halogens is 1. The Bertz CT molecular complexity index is 553. The van der Waals surface area contributed by atoms with E-state index in [2.05, 4.69) is 72.7 Å². The number of ether oxygens (including phenoxy) is 1. The van der Waals surface area contributed by atoms with Gasteiger partial charge in [-0.2, -0.15) is 12.6 Å². The van der Waals surface area contributed by atoms with Crippen LogP contribution in [0.5, 0.6) is 5.75 Å². The summed E-state index contributed by atoms with van der Waals surface area (Å²) >= 11 is 7.87. The predicted octanol–water partition coefficient (Wildman–Crippen LogP) is 5.18. The molecule has 0 N–H and O–H groups in total. The van der Waals surface area contributed by atoms with Gasteiger partial charge in [0.05, 0.1) is 6.61 Å². The van der Waals surface area contributed by atoms with Gasteiger partial charge in [-0.15, -0.1) is 0 Å². The lowest BCUT2D eigenvalue weighted by molar-refractivity contribution is 0.227. The Kier molecular flexibility index (Phi) is 5.17. The molecular formula is C16H19BrOS. The van der Waals surface area contributed by atoms with Crippen LogP contribution in [-0.2, 0) is 0 Å². The maximum absolute atomic E-state index is 5.90. The highest BCUT2D eigenvalue weighted by Gasteiger charge is 2.12. The number of hydrogen-bond acceptors (Lipinski definition) is 2. The molecule has 1 atom stereocenters. The first kappa shape index (κ1) is 14.7. The lowest BCUT2D eigenvalue weighted by atomic mass is 9.99. The van der Waals surface area contributed by atoms with E-state index in [1.54, 1.807) is 0 Å². The minimum atomic E-state index is 0.490. The zero-order chi connectivity index (χ0) is 13.8. The third-order valence-electron chi connectivity index (χ3n) is 3.42. The first-order valence-corrected chi connectivity index (χ1v) is 7.95. The molecule has 3 heteroatoms. The average molecular weight is 339 g/mol. The van der Waals surface area contributed by atoms with Gasteiger partial charge in [0.25, 0.3) is 0 Å². The summed E-state index contributed by atoms with van der Waals surface area (Å²) in [6.45, 7) is 5.15. The second kappa shape index (κ2) is 6.67. The van der Waals surface area contributed by atoms with Gasteiger partial charge in [-0.05, 0) is 46.7 Å². The maximum Gasteiger partial charge on any atom is 0.119 e. The fourth-order valence-electron chi connectivity index (χ4n) is 1.94. The second-order valence-corrected chi connectivity index (χ2v) is 6.43. The van der Waals surface area contributed by atoms with Gasteiger partial charge in [0.15, 0.2) is 0 Å². The Hall–Kier alpha value is -0.670. The zero-order valence-corrected chi connectivity index (χ0v) is 13.7. The molecule has 2 rings (SSSR count).